The third-order valence-electron chi connectivity index (χ3n) is 4.06. The summed E-state index contributed by atoms with van der Waals surface area (Å²) < 4.78 is 39.9. The van der Waals surface area contributed by atoms with Gasteiger partial charge in [0.15, 0.2) is 0 Å². The Morgan fingerprint density at radius 2 is 1.97 bits per heavy atom. The molecule has 0 aliphatic carbocycles. The third kappa shape index (κ3) is 6.99. The van der Waals surface area contributed by atoms with E-state index in [1.54, 1.807) is 20.8 Å². The molecule has 0 radical (unpaired) electrons. The zero-order chi connectivity index (χ0) is 21.8. The molecule has 2 atom stereocenters. The van der Waals surface area contributed by atoms with Crippen molar-refractivity contribution in [2.24, 2.45) is 0 Å². The van der Waals surface area contributed by atoms with E-state index in [9.17, 15) is 22.8 Å². The highest BCUT2D eigenvalue weighted by Gasteiger charge is 2.49. The van der Waals surface area contributed by atoms with Crippen LogP contribution in [0.5, 0.6) is 0 Å². The van der Waals surface area contributed by atoms with Gasteiger partial charge in [-0.3, -0.25) is 14.2 Å². The van der Waals surface area contributed by atoms with Gasteiger partial charge in [-0.2, -0.15) is 13.5 Å². The molecule has 29 heavy (non-hydrogen) atoms. The van der Waals surface area contributed by atoms with Gasteiger partial charge >= 0.3 is 22.5 Å². The van der Waals surface area contributed by atoms with Gasteiger partial charge in [-0.15, -0.1) is 4.28 Å². The summed E-state index contributed by atoms with van der Waals surface area (Å²) in [6.45, 7) is 5.73. The van der Waals surface area contributed by atoms with Crippen molar-refractivity contribution < 1.29 is 41.2 Å². The molecule has 0 aromatic heterocycles. The number of amides is 4. The lowest BCUT2D eigenvalue weighted by molar-refractivity contribution is -0.138. The fraction of sp³-hybridized carbons (Fsp3) is 0.800. The summed E-state index contributed by atoms with van der Waals surface area (Å²) in [5.74, 6) is -0.564. The summed E-state index contributed by atoms with van der Waals surface area (Å²) >= 11 is 0. The van der Waals surface area contributed by atoms with Crippen LogP contribution in [-0.4, -0.2) is 78.3 Å². The molecule has 166 valence electrons. The highest BCUT2D eigenvalue weighted by molar-refractivity contribution is 7.80. The molecule has 4 amide bonds. The number of rotatable bonds is 8. The second-order valence-corrected chi connectivity index (χ2v) is 8.61. The maximum absolute atomic E-state index is 12.3. The number of urea groups is 1. The number of hydroxylamine groups is 3. The molecule has 0 aromatic rings. The summed E-state index contributed by atoms with van der Waals surface area (Å²) in [6.07, 6.45) is 0.444. The van der Waals surface area contributed by atoms with Crippen molar-refractivity contribution in [1.82, 2.24) is 20.8 Å². The minimum absolute atomic E-state index is 0.0895. The Morgan fingerprint density at radius 3 is 2.59 bits per heavy atom. The Hall–Kier alpha value is -2.16. The number of piperidine rings is 1. The average Bonchev–Trinajstić information content (AvgIpc) is 2.80. The van der Waals surface area contributed by atoms with Crippen LogP contribution in [0.3, 0.4) is 0 Å². The van der Waals surface area contributed by atoms with E-state index < -0.39 is 46.1 Å². The Bertz CT molecular complexity index is 737. The normalized spacial score (nSPS) is 21.9. The van der Waals surface area contributed by atoms with Gasteiger partial charge in [-0.25, -0.2) is 15.1 Å². The van der Waals surface area contributed by atoms with Crippen molar-refractivity contribution in [3.8, 4) is 0 Å². The molecule has 2 saturated heterocycles. The maximum atomic E-state index is 12.3. The fourth-order valence-corrected chi connectivity index (χ4v) is 3.33. The summed E-state index contributed by atoms with van der Waals surface area (Å²) in [6, 6.07) is -2.26. The topological polar surface area (TPSA) is 164 Å². The SMILES string of the molecule is CC(C)(C)OC(=O)NCCCONC(=O)[C@@H]1CC[C@@H]2CN1C(=O)N2OS(=O)(=O)O. The van der Waals surface area contributed by atoms with Gasteiger partial charge in [-0.1, -0.05) is 0 Å². The second kappa shape index (κ2) is 9.11. The molecule has 2 fully saturated rings. The van der Waals surface area contributed by atoms with Crippen LogP contribution in [0.4, 0.5) is 9.59 Å². The minimum Gasteiger partial charge on any atom is -0.444 e. The molecule has 0 aromatic carbocycles. The van der Waals surface area contributed by atoms with Gasteiger partial charge in [-0.05, 0) is 40.0 Å². The van der Waals surface area contributed by atoms with Crippen molar-refractivity contribution >= 4 is 28.4 Å². The molecule has 2 rings (SSSR count). The molecule has 13 nitrogen and oxygen atoms in total. The van der Waals surface area contributed by atoms with Crippen LogP contribution in [0.15, 0.2) is 0 Å². The molecular formula is C15H26N4O9S. The number of carbonyl (C=O) groups excluding carboxylic acids is 3. The van der Waals surface area contributed by atoms with E-state index in [1.165, 1.54) is 0 Å². The van der Waals surface area contributed by atoms with Crippen molar-refractivity contribution in [2.75, 3.05) is 19.7 Å². The van der Waals surface area contributed by atoms with Gasteiger partial charge in [0.25, 0.3) is 5.91 Å². The first-order chi connectivity index (χ1) is 13.4. The molecule has 0 unspecified atom stereocenters. The minimum atomic E-state index is -4.84. The molecule has 2 aliphatic heterocycles. The zero-order valence-corrected chi connectivity index (χ0v) is 17.2. The van der Waals surface area contributed by atoms with Gasteiger partial charge < -0.3 is 15.0 Å². The van der Waals surface area contributed by atoms with Gasteiger partial charge in [0.1, 0.15) is 11.6 Å². The van der Waals surface area contributed by atoms with E-state index in [4.69, 9.17) is 14.1 Å². The van der Waals surface area contributed by atoms with Crippen LogP contribution in [0, 0.1) is 0 Å². The number of nitrogens with zero attached hydrogens (tertiary/aromatic N) is 2. The van der Waals surface area contributed by atoms with E-state index in [0.717, 1.165) is 4.90 Å². The first-order valence-electron chi connectivity index (χ1n) is 9.03. The maximum Gasteiger partial charge on any atom is 0.418 e. The number of fused-ring (bicyclic) bond motifs is 2. The van der Waals surface area contributed by atoms with E-state index in [0.29, 0.717) is 17.9 Å². The van der Waals surface area contributed by atoms with Gasteiger partial charge in [0.05, 0.1) is 12.6 Å². The van der Waals surface area contributed by atoms with Crippen molar-refractivity contribution in [1.29, 1.82) is 0 Å². The van der Waals surface area contributed by atoms with E-state index in [1.807, 2.05) is 0 Å². The molecule has 0 spiro atoms. The highest BCUT2D eigenvalue weighted by Crippen LogP contribution is 2.30. The van der Waals surface area contributed by atoms with Crippen molar-refractivity contribution in [3.63, 3.8) is 0 Å². The summed E-state index contributed by atoms with van der Waals surface area (Å²) in [5.41, 5.74) is 1.65. The lowest BCUT2D eigenvalue weighted by Crippen LogP contribution is -2.49. The number of ether oxygens (including phenoxy) is 1. The summed E-state index contributed by atoms with van der Waals surface area (Å²) in [4.78, 5) is 42.2. The first kappa shape index (κ1) is 23.1. The molecule has 2 bridgehead atoms. The van der Waals surface area contributed by atoms with Gasteiger partial charge in [0.2, 0.25) is 0 Å². The average molecular weight is 438 g/mol. The van der Waals surface area contributed by atoms with Crippen LogP contribution >= 0.6 is 0 Å². The monoisotopic (exact) mass is 438 g/mol. The predicted molar refractivity (Wildman–Crippen MR) is 96.3 cm³/mol. The Kier molecular flexibility index (Phi) is 7.26. The number of alkyl carbamates (subject to hydrolysis) is 1. The molecule has 2 heterocycles. The molecule has 2 aliphatic rings. The zero-order valence-electron chi connectivity index (χ0n) is 16.4. The Balaban J connectivity index is 1.70. The van der Waals surface area contributed by atoms with Crippen molar-refractivity contribution in [2.45, 2.75) is 57.7 Å². The van der Waals surface area contributed by atoms with Crippen LogP contribution in [0.1, 0.15) is 40.0 Å². The largest absolute Gasteiger partial charge is 0.444 e. The second-order valence-electron chi connectivity index (χ2n) is 7.61. The fourth-order valence-electron chi connectivity index (χ4n) is 2.94. The van der Waals surface area contributed by atoms with E-state index in [2.05, 4.69) is 15.1 Å². The summed E-state index contributed by atoms with van der Waals surface area (Å²) in [5, 5.41) is 3.11. The Labute approximate surface area is 168 Å². The van der Waals surface area contributed by atoms with Crippen LogP contribution in [0.2, 0.25) is 0 Å². The number of hydrogen-bond donors (Lipinski definition) is 3. The molecule has 0 saturated carbocycles. The van der Waals surface area contributed by atoms with Crippen molar-refractivity contribution in [3.05, 3.63) is 0 Å². The van der Waals surface area contributed by atoms with E-state index in [-0.39, 0.29) is 26.1 Å². The number of carbonyl (C=O) groups is 3. The van der Waals surface area contributed by atoms with Crippen LogP contribution in [-0.2, 0) is 29.1 Å². The summed E-state index contributed by atoms with van der Waals surface area (Å²) in [7, 11) is -4.84. The molecule has 14 heteroatoms. The lowest BCUT2D eigenvalue weighted by Gasteiger charge is -2.28. The van der Waals surface area contributed by atoms with Gasteiger partial charge in [0, 0.05) is 13.1 Å². The smallest absolute Gasteiger partial charge is 0.418 e. The Morgan fingerprint density at radius 1 is 1.28 bits per heavy atom. The third-order valence-corrected chi connectivity index (χ3v) is 4.41. The van der Waals surface area contributed by atoms with Crippen LogP contribution in [0.25, 0.3) is 0 Å². The molecular weight excluding hydrogens is 412 g/mol. The van der Waals surface area contributed by atoms with E-state index >= 15 is 0 Å². The first-order valence-corrected chi connectivity index (χ1v) is 10.4. The standard InChI is InChI=1S/C15H26N4O9S/c1-15(2,3)27-13(21)16-7-4-8-26-17-12(20)11-6-5-10-9-18(11)14(22)19(10)28-29(23,24)25/h10-11H,4-9H2,1-3H3,(H,16,21)(H,17,20)(H,23,24,25)/t10-,11+/m1/s1. The number of hydrogen-bond acceptors (Lipinski definition) is 8. The van der Waals surface area contributed by atoms with Crippen LogP contribution < -0.4 is 10.8 Å². The number of nitrogens with one attached hydrogen (secondary N) is 2. The quantitative estimate of drug-likeness (QED) is 0.268. The lowest BCUT2D eigenvalue weighted by atomic mass is 10.0. The highest BCUT2D eigenvalue weighted by atomic mass is 32.3. The molecule has 3 N–H and O–H groups in total. The predicted octanol–water partition coefficient (Wildman–Crippen LogP) is -0.0480.